The van der Waals surface area contributed by atoms with Gasteiger partial charge in [0.15, 0.2) is 0 Å². The van der Waals surface area contributed by atoms with Crippen molar-refractivity contribution in [2.45, 2.75) is 6.42 Å². The molecule has 0 bridgehead atoms. The maximum atomic E-state index is 2.50. The first kappa shape index (κ1) is 53.4. The Labute approximate surface area is 551 Å². The molecule has 0 fully saturated rings. The van der Waals surface area contributed by atoms with Crippen LogP contribution in [0.2, 0.25) is 0 Å². The summed E-state index contributed by atoms with van der Waals surface area (Å²) in [6.45, 7) is 0. The molecule has 438 valence electrons. The van der Waals surface area contributed by atoms with Gasteiger partial charge in [0.2, 0.25) is 0 Å². The molecule has 17 aromatic rings. The Hall–Kier alpha value is -12.2. The van der Waals surface area contributed by atoms with Gasteiger partial charge in [0.1, 0.15) is 0 Å². The Kier molecular flexibility index (Phi) is 11.9. The lowest BCUT2D eigenvalue weighted by Gasteiger charge is -2.32. The van der Waals surface area contributed by atoms with Crippen molar-refractivity contribution < 1.29 is 0 Å². The molecule has 0 heteroatoms. The van der Waals surface area contributed by atoms with E-state index in [0.29, 0.717) is 0 Å². The van der Waals surface area contributed by atoms with Gasteiger partial charge >= 0.3 is 0 Å². The van der Waals surface area contributed by atoms with Crippen LogP contribution in [0, 0.1) is 0 Å². The molecule has 20 rings (SSSR count). The Balaban J connectivity index is 1.12. The van der Waals surface area contributed by atoms with Crippen LogP contribution in [0.25, 0.3) is 197 Å². The summed E-state index contributed by atoms with van der Waals surface area (Å²) in [4.78, 5) is 0. The zero-order chi connectivity index (χ0) is 62.2. The van der Waals surface area contributed by atoms with Crippen molar-refractivity contribution in [1.82, 2.24) is 0 Å². The van der Waals surface area contributed by atoms with Crippen molar-refractivity contribution in [1.29, 1.82) is 0 Å². The van der Waals surface area contributed by atoms with Crippen molar-refractivity contribution in [3.63, 3.8) is 0 Å². The number of rotatable bonds is 8. The van der Waals surface area contributed by atoms with Crippen LogP contribution in [-0.4, -0.2) is 0 Å². The minimum absolute atomic E-state index is 0.791. The lowest BCUT2D eigenvalue weighted by Crippen LogP contribution is -2.05. The van der Waals surface area contributed by atoms with E-state index in [9.17, 15) is 0 Å². The highest BCUT2D eigenvalue weighted by molar-refractivity contribution is 6.30. The van der Waals surface area contributed by atoms with Crippen LogP contribution in [0.15, 0.2) is 340 Å². The molecular weight excluding hydrogens is 1140 g/mol. The molecule has 95 heavy (non-hydrogen) atoms. The van der Waals surface area contributed by atoms with Crippen molar-refractivity contribution in [2.75, 3.05) is 0 Å². The molecule has 0 aromatic heterocycles. The van der Waals surface area contributed by atoms with Gasteiger partial charge in [-0.1, -0.05) is 328 Å². The lowest BCUT2D eigenvalue weighted by atomic mass is 9.70. The maximum absolute atomic E-state index is 2.50. The fourth-order valence-electron chi connectivity index (χ4n) is 16.9. The van der Waals surface area contributed by atoms with Crippen LogP contribution in [-0.2, 0) is 6.42 Å². The topological polar surface area (TPSA) is 0 Å². The summed E-state index contributed by atoms with van der Waals surface area (Å²) in [5.41, 5.74) is 26.7. The third-order valence-corrected chi connectivity index (χ3v) is 21.0. The first-order chi connectivity index (χ1) is 47.2. The molecule has 0 saturated carbocycles. The summed E-state index contributed by atoms with van der Waals surface area (Å²) in [6, 6.07) is 130. The Bertz CT molecular complexity index is 6340. The van der Waals surface area contributed by atoms with E-state index in [1.807, 2.05) is 0 Å². The molecule has 3 aliphatic rings. The molecule has 0 amide bonds. The number of hydrogen-bond donors (Lipinski definition) is 0. The van der Waals surface area contributed by atoms with Gasteiger partial charge < -0.3 is 0 Å². The van der Waals surface area contributed by atoms with Crippen LogP contribution >= 0.6 is 0 Å². The molecule has 0 saturated heterocycles. The highest BCUT2D eigenvalue weighted by atomic mass is 14.4. The molecule has 0 atom stereocenters. The van der Waals surface area contributed by atoms with Crippen LogP contribution in [0.4, 0.5) is 0 Å². The average Bonchev–Trinajstić information content (AvgIpc) is 1.33. The summed E-state index contributed by atoms with van der Waals surface area (Å²) < 4.78 is 0. The minimum atomic E-state index is 0.791. The third kappa shape index (κ3) is 8.15. The van der Waals surface area contributed by atoms with E-state index in [0.717, 1.165) is 17.5 Å². The molecule has 0 N–H and O–H groups in total. The van der Waals surface area contributed by atoms with Gasteiger partial charge in [-0.3, -0.25) is 0 Å². The van der Waals surface area contributed by atoms with E-state index in [2.05, 4.69) is 340 Å². The van der Waals surface area contributed by atoms with Gasteiger partial charge in [0, 0.05) is 0 Å². The third-order valence-electron chi connectivity index (χ3n) is 21.0. The quantitative estimate of drug-likeness (QED) is 0.105. The fraction of sp³-hybridized carbons (Fsp3) is 0.0105. The Morgan fingerprint density at radius 1 is 0.158 bits per heavy atom. The second kappa shape index (κ2) is 21.2. The van der Waals surface area contributed by atoms with E-state index in [-0.39, 0.29) is 0 Å². The number of hydrogen-bond acceptors (Lipinski definition) is 0. The largest absolute Gasteiger partial charge is 0.0622 e. The van der Waals surface area contributed by atoms with Crippen LogP contribution in [0.3, 0.4) is 0 Å². The SMILES string of the molecule is c1ccc(-c2cccc(-c3c(-c4cccc5c4Cc4ccccc4-5)c(-c4ccc5cccccc4-5)c(-c4cccc5cc6ccccc6cc45)c(-c4cccc5c4ccc4ccccc45)c3-c3ccc4ccc5cccc6ccc3c4c56)c2-c2cccc3ccccc23)cc1. The molecule has 0 heterocycles. The van der Waals surface area contributed by atoms with Crippen molar-refractivity contribution in [2.24, 2.45) is 0 Å². The molecule has 17 aromatic carbocycles. The van der Waals surface area contributed by atoms with Gasteiger partial charge in [0.05, 0.1) is 0 Å². The lowest BCUT2D eigenvalue weighted by molar-refractivity contribution is 1.26. The zero-order valence-electron chi connectivity index (χ0n) is 52.0. The van der Waals surface area contributed by atoms with Gasteiger partial charge in [-0.05, 0) is 227 Å². The average molecular weight is 1200 g/mol. The summed E-state index contributed by atoms with van der Waals surface area (Å²) in [7, 11) is 0. The van der Waals surface area contributed by atoms with Crippen LogP contribution < -0.4 is 0 Å². The normalized spacial score (nSPS) is 12.2. The van der Waals surface area contributed by atoms with E-state index in [4.69, 9.17) is 0 Å². The Morgan fingerprint density at radius 3 is 1.37 bits per heavy atom. The summed E-state index contributed by atoms with van der Waals surface area (Å²) >= 11 is 0. The summed E-state index contributed by atoms with van der Waals surface area (Å²) in [6.07, 6.45) is 0.791. The number of benzene rings is 17. The van der Waals surface area contributed by atoms with E-state index in [1.165, 1.54) is 197 Å². The van der Waals surface area contributed by atoms with Gasteiger partial charge in [-0.25, -0.2) is 0 Å². The minimum Gasteiger partial charge on any atom is -0.0622 e. The monoisotopic (exact) mass is 1200 g/mol. The summed E-state index contributed by atoms with van der Waals surface area (Å²) in [5.74, 6) is 0. The fourth-order valence-corrected chi connectivity index (χ4v) is 16.9. The zero-order valence-corrected chi connectivity index (χ0v) is 52.0. The van der Waals surface area contributed by atoms with E-state index >= 15 is 0 Å². The van der Waals surface area contributed by atoms with Crippen molar-refractivity contribution in [3.05, 3.63) is 351 Å². The molecule has 0 aliphatic heterocycles. The molecule has 0 nitrogen and oxygen atoms in total. The second-order valence-corrected chi connectivity index (χ2v) is 25.9. The van der Waals surface area contributed by atoms with Crippen molar-refractivity contribution in [3.8, 4) is 111 Å². The van der Waals surface area contributed by atoms with Crippen molar-refractivity contribution >= 4 is 86.2 Å². The molecule has 3 aliphatic carbocycles. The smallest absolute Gasteiger partial charge is 0.000707 e. The standard InChI is InChI=1S/C95H58/c1-3-21-59(22-4-1)73-37-18-44-84(89(73)77-40-16-29-58-24-9-13-35-70(58)77)95-92(80-43-20-39-75-72-36-14-11-28-68(72)57-86(75)80)93(81-52-48-61-23-5-2-6-33-71(61)81)91(79-41-17-32-67-55-65-26-7-8-27-66(65)56-85(67)79)90(78-42-19-38-74-69-34-12-10-25-60(69)47-51-76(74)78)94(95)83-54-50-64-46-45-62-30-15-31-63-49-53-82(83)88(64)87(62)63/h1-56H,57H2. The van der Waals surface area contributed by atoms with Gasteiger partial charge in [0.25, 0.3) is 0 Å². The maximum Gasteiger partial charge on any atom is -0.000707 e. The number of fused-ring (bicyclic) bond motifs is 10. The van der Waals surface area contributed by atoms with E-state index in [1.54, 1.807) is 0 Å². The Morgan fingerprint density at radius 2 is 0.579 bits per heavy atom. The first-order valence-corrected chi connectivity index (χ1v) is 33.3. The molecule has 0 unspecified atom stereocenters. The molecule has 0 spiro atoms. The predicted octanol–water partition coefficient (Wildman–Crippen LogP) is 26.4. The predicted molar refractivity (Wildman–Crippen MR) is 406 cm³/mol. The highest BCUT2D eigenvalue weighted by Gasteiger charge is 2.36. The molecular formula is C95H58. The van der Waals surface area contributed by atoms with Gasteiger partial charge in [-0.15, -0.1) is 0 Å². The van der Waals surface area contributed by atoms with E-state index < -0.39 is 0 Å². The van der Waals surface area contributed by atoms with Gasteiger partial charge in [-0.2, -0.15) is 0 Å². The van der Waals surface area contributed by atoms with Crippen LogP contribution in [0.5, 0.6) is 0 Å². The molecule has 0 radical (unpaired) electrons. The first-order valence-electron chi connectivity index (χ1n) is 33.3. The van der Waals surface area contributed by atoms with Crippen LogP contribution in [0.1, 0.15) is 11.1 Å². The second-order valence-electron chi connectivity index (χ2n) is 25.9. The summed E-state index contributed by atoms with van der Waals surface area (Å²) in [5, 5.41) is 19.6. The highest BCUT2D eigenvalue weighted by Crippen LogP contribution is 2.63.